The number of hydrogen-bond acceptors (Lipinski definition) is 5. The van der Waals surface area contributed by atoms with Crippen molar-refractivity contribution in [2.75, 3.05) is 0 Å². The Morgan fingerprint density at radius 2 is 1.11 bits per heavy atom. The molecule has 0 aromatic rings. The summed E-state index contributed by atoms with van der Waals surface area (Å²) in [5.74, 6) is -1.69. The third-order valence-corrected chi connectivity index (χ3v) is 0.393. The van der Waals surface area contributed by atoms with Gasteiger partial charge in [-0.1, -0.05) is 0 Å². The van der Waals surface area contributed by atoms with E-state index in [-0.39, 0.29) is 23.1 Å². The second-order valence-electron chi connectivity index (χ2n) is 5.59. The molecule has 0 aliphatic carbocycles. The van der Waals surface area contributed by atoms with Gasteiger partial charge in [0, 0.05) is 12.4 Å². The molecule has 2 N–H and O–H groups in total. The molecule has 0 unspecified atom stereocenters. The number of carbonyl (C=O) groups excluding carboxylic acids is 2. The third kappa shape index (κ3) is 257. The fourth-order valence-corrected chi connectivity index (χ4v) is 0.203. The predicted octanol–water partition coefficient (Wildman–Crippen LogP) is -0.111. The van der Waals surface area contributed by atoms with Crippen LogP contribution < -0.4 is 5.11 Å². The van der Waals surface area contributed by atoms with E-state index in [2.05, 4.69) is 0 Å². The normalized spacial score (nSPS) is 9.83. The molecule has 0 bridgehead atoms. The average Bonchev–Trinajstić information content (AvgIpc) is 1.71. The number of carboxylic acid groups (broad SMARTS) is 1. The van der Waals surface area contributed by atoms with Gasteiger partial charge in [-0.15, -0.1) is 0 Å². The molecular formula is C12H25AlO5. The summed E-state index contributed by atoms with van der Waals surface area (Å²) in [5, 5.41) is 26.5. The van der Waals surface area contributed by atoms with E-state index in [1.54, 1.807) is 41.5 Å². The summed E-state index contributed by atoms with van der Waals surface area (Å²) in [4.78, 5) is 19.3. The molecule has 0 spiro atoms. The molecule has 0 heterocycles. The molecule has 2 radical (unpaired) electrons. The maximum absolute atomic E-state index is 9.83. The Balaban J connectivity index is -0.0000000813. The van der Waals surface area contributed by atoms with Crippen molar-refractivity contribution >= 4 is 29.1 Å². The van der Waals surface area contributed by atoms with Crippen molar-refractivity contribution in [3.05, 3.63) is 0 Å². The molecule has 5 nitrogen and oxygen atoms in total. The molecule has 0 saturated heterocycles. The molecule has 0 amide bonds. The Labute approximate surface area is 120 Å². The van der Waals surface area contributed by atoms with Gasteiger partial charge in [0.25, 0.3) is 0 Å². The largest absolute Gasteiger partial charge is 1.00 e. The van der Waals surface area contributed by atoms with Gasteiger partial charge < -0.3 is 20.1 Å². The zero-order valence-corrected chi connectivity index (χ0v) is 13.6. The molecule has 0 fully saturated rings. The Bertz CT molecular complexity index is 190. The number of ketones is 1. The van der Waals surface area contributed by atoms with Crippen molar-refractivity contribution in [1.29, 1.82) is 0 Å². The van der Waals surface area contributed by atoms with Gasteiger partial charge in [0.1, 0.15) is 5.78 Å². The Kier molecular flexibility index (Phi) is 17.0. The van der Waals surface area contributed by atoms with E-state index in [4.69, 9.17) is 10.2 Å². The quantitative estimate of drug-likeness (QED) is 0.541. The number of carboxylic acids is 1. The van der Waals surface area contributed by atoms with Crippen molar-refractivity contribution in [2.24, 2.45) is 0 Å². The van der Waals surface area contributed by atoms with E-state index in [1.165, 1.54) is 6.92 Å². The smallest absolute Gasteiger partial charge is 0.550 e. The maximum Gasteiger partial charge on any atom is 1.00 e. The second-order valence-corrected chi connectivity index (χ2v) is 5.59. The van der Waals surface area contributed by atoms with Crippen LogP contribution in [0.1, 0.15) is 54.9 Å². The van der Waals surface area contributed by atoms with E-state index in [0.29, 0.717) is 0 Å². The van der Waals surface area contributed by atoms with Crippen LogP contribution in [-0.4, -0.2) is 50.5 Å². The van der Waals surface area contributed by atoms with Gasteiger partial charge in [-0.05, 0) is 48.5 Å². The van der Waals surface area contributed by atoms with Crippen molar-refractivity contribution < 1.29 is 24.9 Å². The zero-order chi connectivity index (χ0) is 14.9. The van der Waals surface area contributed by atoms with Gasteiger partial charge in [0.2, 0.25) is 0 Å². The molecule has 0 aromatic heterocycles. The van der Waals surface area contributed by atoms with Crippen LogP contribution in [0.5, 0.6) is 0 Å². The minimum atomic E-state index is -1.31. The van der Waals surface area contributed by atoms with E-state index in [0.717, 1.165) is 0 Å². The Hall–Kier alpha value is -0.408. The SMILES string of the molecule is CC(=O)CC(=O)[O-].CC(C)(C)O.CC(C)(C)O.[Al+]. The molecule has 0 saturated carbocycles. The fraction of sp³-hybridized carbons (Fsp3) is 0.833. The maximum atomic E-state index is 9.83. The van der Waals surface area contributed by atoms with Crippen LogP contribution in [0, 0.1) is 0 Å². The predicted molar refractivity (Wildman–Crippen MR) is 70.0 cm³/mol. The minimum Gasteiger partial charge on any atom is -0.550 e. The topological polar surface area (TPSA) is 97.7 Å². The van der Waals surface area contributed by atoms with Crippen LogP contribution in [-0.2, 0) is 9.59 Å². The summed E-state index contributed by atoms with van der Waals surface area (Å²) in [6, 6.07) is 0. The molecule has 0 aliphatic rings. The van der Waals surface area contributed by atoms with Crippen LogP contribution in [0.15, 0.2) is 0 Å². The zero-order valence-electron chi connectivity index (χ0n) is 12.4. The first-order chi connectivity index (χ1) is 7.13. The summed E-state index contributed by atoms with van der Waals surface area (Å²) in [7, 11) is 0. The van der Waals surface area contributed by atoms with Gasteiger partial charge in [0.05, 0.1) is 11.2 Å². The summed E-state index contributed by atoms with van der Waals surface area (Å²) >= 11 is 0. The number of Topliss-reactive ketones (excluding diaryl/α,β-unsaturated/α-hetero) is 1. The van der Waals surface area contributed by atoms with Crippen molar-refractivity contribution in [2.45, 2.75) is 66.1 Å². The second kappa shape index (κ2) is 11.7. The van der Waals surface area contributed by atoms with Gasteiger partial charge in [0.15, 0.2) is 0 Å². The van der Waals surface area contributed by atoms with Crippen molar-refractivity contribution in [3.63, 3.8) is 0 Å². The Morgan fingerprint density at radius 1 is 0.944 bits per heavy atom. The molecule has 18 heavy (non-hydrogen) atoms. The van der Waals surface area contributed by atoms with Crippen LogP contribution >= 0.6 is 0 Å². The monoisotopic (exact) mass is 276 g/mol. The minimum absolute atomic E-state index is 0. The summed E-state index contributed by atoms with van der Waals surface area (Å²) in [6.45, 7) is 11.7. The molecular weight excluding hydrogens is 251 g/mol. The summed E-state index contributed by atoms with van der Waals surface area (Å²) in [5.41, 5.74) is -1.00. The fourth-order valence-electron chi connectivity index (χ4n) is 0.203. The molecule has 106 valence electrons. The van der Waals surface area contributed by atoms with Crippen LogP contribution in [0.25, 0.3) is 0 Å². The van der Waals surface area contributed by atoms with Crippen LogP contribution in [0.4, 0.5) is 0 Å². The summed E-state index contributed by atoms with van der Waals surface area (Å²) < 4.78 is 0. The summed E-state index contributed by atoms with van der Waals surface area (Å²) in [6.07, 6.45) is -0.472. The van der Waals surface area contributed by atoms with Crippen LogP contribution in [0.3, 0.4) is 0 Å². The average molecular weight is 276 g/mol. The number of hydrogen-bond donors (Lipinski definition) is 2. The molecule has 0 aliphatic heterocycles. The van der Waals surface area contributed by atoms with E-state index < -0.39 is 23.6 Å². The van der Waals surface area contributed by atoms with E-state index in [1.807, 2.05) is 0 Å². The van der Waals surface area contributed by atoms with E-state index >= 15 is 0 Å². The van der Waals surface area contributed by atoms with Crippen molar-refractivity contribution in [3.8, 4) is 0 Å². The first-order valence-electron chi connectivity index (χ1n) is 5.27. The van der Waals surface area contributed by atoms with Gasteiger partial charge in [-0.25, -0.2) is 0 Å². The first kappa shape index (κ1) is 26.2. The number of aliphatic carboxylic acids is 1. The van der Waals surface area contributed by atoms with E-state index in [9.17, 15) is 14.7 Å². The van der Waals surface area contributed by atoms with Crippen LogP contribution in [0.2, 0.25) is 0 Å². The van der Waals surface area contributed by atoms with Gasteiger partial charge in [-0.2, -0.15) is 0 Å². The van der Waals surface area contributed by atoms with Gasteiger partial charge >= 0.3 is 17.4 Å². The third-order valence-electron chi connectivity index (χ3n) is 0.393. The number of rotatable bonds is 2. The van der Waals surface area contributed by atoms with Crippen molar-refractivity contribution in [1.82, 2.24) is 0 Å². The first-order valence-corrected chi connectivity index (χ1v) is 5.27. The Morgan fingerprint density at radius 3 is 1.11 bits per heavy atom. The number of carbonyl (C=O) groups is 2. The molecule has 0 rings (SSSR count). The van der Waals surface area contributed by atoms with Gasteiger partial charge in [-0.3, -0.25) is 4.79 Å². The molecule has 0 atom stereocenters. The molecule has 6 heteroatoms. The number of aliphatic hydroxyl groups is 2. The standard InChI is InChI=1S/C4H6O3.2C4H10O.Al/c1-3(5)2-4(6)7;2*1-4(2,3)5;/h2H2,1H3,(H,6,7);2*5H,1-3H3;/q;;;+1/p-1. The molecule has 0 aromatic carbocycles.